The lowest BCUT2D eigenvalue weighted by Gasteiger charge is -2.13. The van der Waals surface area contributed by atoms with Crippen LogP contribution in [0.25, 0.3) is 0 Å². The lowest BCUT2D eigenvalue weighted by atomic mass is 9.97. The van der Waals surface area contributed by atoms with Gasteiger partial charge in [-0.05, 0) is 38.5 Å². The first kappa shape index (κ1) is 11.4. The van der Waals surface area contributed by atoms with Crippen LogP contribution in [0.5, 0.6) is 0 Å². The van der Waals surface area contributed by atoms with Gasteiger partial charge in [-0.3, -0.25) is 0 Å². The summed E-state index contributed by atoms with van der Waals surface area (Å²) in [6, 6.07) is 2.81. The molecule has 1 aromatic carbocycles. The van der Waals surface area contributed by atoms with Gasteiger partial charge in [0.25, 0.3) is 0 Å². The minimum absolute atomic E-state index is 0.302. The molecule has 0 aliphatic carbocycles. The van der Waals surface area contributed by atoms with Crippen LogP contribution in [0.15, 0.2) is 17.3 Å². The third-order valence-electron chi connectivity index (χ3n) is 2.53. The topological polar surface area (TPSA) is 21.6 Å². The van der Waals surface area contributed by atoms with Crippen molar-refractivity contribution in [3.63, 3.8) is 0 Å². The molecule has 1 heterocycles. The third-order valence-corrected chi connectivity index (χ3v) is 3.03. The maximum atomic E-state index is 13.3. The Morgan fingerprint density at radius 1 is 1.44 bits per heavy atom. The molecule has 4 heteroatoms. The van der Waals surface area contributed by atoms with Crippen molar-refractivity contribution in [2.75, 3.05) is 0 Å². The molecule has 0 radical (unpaired) electrons. The monoisotopic (exact) mass is 241 g/mol. The van der Waals surface area contributed by atoms with Crippen molar-refractivity contribution in [3.05, 3.63) is 34.1 Å². The minimum Gasteiger partial charge on any atom is -0.389 e. The van der Waals surface area contributed by atoms with E-state index < -0.39 is 0 Å². The van der Waals surface area contributed by atoms with E-state index in [4.69, 9.17) is 16.4 Å². The molecule has 0 saturated carbocycles. The largest absolute Gasteiger partial charge is 0.389 e. The molecule has 0 aromatic heterocycles. The summed E-state index contributed by atoms with van der Waals surface area (Å²) in [5.74, 6) is -0.302. The van der Waals surface area contributed by atoms with Gasteiger partial charge >= 0.3 is 0 Å². The fraction of sp³-hybridized carbons (Fsp3) is 0.417. The van der Waals surface area contributed by atoms with Crippen molar-refractivity contribution >= 4 is 17.3 Å². The fourth-order valence-corrected chi connectivity index (χ4v) is 1.94. The van der Waals surface area contributed by atoms with Gasteiger partial charge in [-0.2, -0.15) is 0 Å². The second-order valence-corrected chi connectivity index (χ2v) is 5.03. The molecule has 86 valence electrons. The molecule has 1 aromatic rings. The van der Waals surface area contributed by atoms with Gasteiger partial charge in [0.2, 0.25) is 0 Å². The van der Waals surface area contributed by atoms with Crippen LogP contribution in [-0.2, 0) is 4.84 Å². The highest BCUT2D eigenvalue weighted by atomic mass is 35.5. The molecule has 0 amide bonds. The summed E-state index contributed by atoms with van der Waals surface area (Å²) in [6.45, 7) is 5.64. The molecule has 0 spiro atoms. The van der Waals surface area contributed by atoms with Crippen molar-refractivity contribution in [3.8, 4) is 0 Å². The number of oxime groups is 1. The highest BCUT2D eigenvalue weighted by Crippen LogP contribution is 2.30. The van der Waals surface area contributed by atoms with Gasteiger partial charge in [0, 0.05) is 12.0 Å². The predicted molar refractivity (Wildman–Crippen MR) is 62.5 cm³/mol. The van der Waals surface area contributed by atoms with E-state index in [-0.39, 0.29) is 11.4 Å². The van der Waals surface area contributed by atoms with Crippen molar-refractivity contribution in [2.45, 2.75) is 32.8 Å². The summed E-state index contributed by atoms with van der Waals surface area (Å²) in [5, 5.41) is 4.51. The third kappa shape index (κ3) is 2.05. The molecular weight excluding hydrogens is 229 g/mol. The molecule has 0 N–H and O–H groups in total. The summed E-state index contributed by atoms with van der Waals surface area (Å²) in [7, 11) is 0. The van der Waals surface area contributed by atoms with Gasteiger partial charge in [-0.15, -0.1) is 0 Å². The number of aryl methyl sites for hydroxylation is 1. The molecule has 16 heavy (non-hydrogen) atoms. The number of benzene rings is 1. The van der Waals surface area contributed by atoms with Crippen LogP contribution in [0.4, 0.5) is 4.39 Å². The Hall–Kier alpha value is -1.09. The summed E-state index contributed by atoms with van der Waals surface area (Å²) in [4.78, 5) is 5.25. The van der Waals surface area contributed by atoms with Crippen molar-refractivity contribution in [1.82, 2.24) is 0 Å². The number of nitrogens with zero attached hydrogens (tertiary/aromatic N) is 1. The van der Waals surface area contributed by atoms with Gasteiger partial charge < -0.3 is 4.84 Å². The summed E-state index contributed by atoms with van der Waals surface area (Å²) in [5.41, 5.74) is 1.71. The Kier molecular flexibility index (Phi) is 2.66. The van der Waals surface area contributed by atoms with E-state index in [1.54, 1.807) is 6.92 Å². The van der Waals surface area contributed by atoms with E-state index in [0.717, 1.165) is 0 Å². The maximum absolute atomic E-state index is 13.3. The fourth-order valence-electron chi connectivity index (χ4n) is 1.73. The Bertz CT molecular complexity index is 468. The Morgan fingerprint density at radius 2 is 2.12 bits per heavy atom. The van der Waals surface area contributed by atoms with Gasteiger partial charge in [0.05, 0.1) is 10.7 Å². The van der Waals surface area contributed by atoms with E-state index in [1.165, 1.54) is 12.1 Å². The second-order valence-electron chi connectivity index (χ2n) is 4.65. The number of halogens is 2. The first-order chi connectivity index (χ1) is 7.39. The Balaban J connectivity index is 2.43. The van der Waals surface area contributed by atoms with Crippen LogP contribution in [0.1, 0.15) is 31.4 Å². The van der Waals surface area contributed by atoms with Gasteiger partial charge in [-0.1, -0.05) is 16.8 Å². The zero-order chi connectivity index (χ0) is 11.9. The predicted octanol–water partition coefficient (Wildman–Crippen LogP) is 3.69. The van der Waals surface area contributed by atoms with E-state index in [2.05, 4.69) is 5.16 Å². The maximum Gasteiger partial charge on any atom is 0.137 e. The number of hydrogen-bond donors (Lipinski definition) is 0. The van der Waals surface area contributed by atoms with Crippen LogP contribution in [0.3, 0.4) is 0 Å². The first-order valence-electron chi connectivity index (χ1n) is 5.10. The lowest BCUT2D eigenvalue weighted by molar-refractivity contribution is 0.0123. The van der Waals surface area contributed by atoms with E-state index in [1.807, 2.05) is 13.8 Å². The van der Waals surface area contributed by atoms with Crippen molar-refractivity contribution in [1.29, 1.82) is 0 Å². The van der Waals surface area contributed by atoms with Gasteiger partial charge in [0.1, 0.15) is 11.4 Å². The quantitative estimate of drug-likeness (QED) is 0.735. The summed E-state index contributed by atoms with van der Waals surface area (Å²) >= 11 is 6.14. The average Bonchev–Trinajstić information content (AvgIpc) is 2.52. The average molecular weight is 242 g/mol. The smallest absolute Gasteiger partial charge is 0.137 e. The molecular formula is C12H13ClFNO. The highest BCUT2D eigenvalue weighted by molar-refractivity contribution is 6.35. The molecule has 0 bridgehead atoms. The van der Waals surface area contributed by atoms with E-state index in [9.17, 15) is 4.39 Å². The highest BCUT2D eigenvalue weighted by Gasteiger charge is 2.30. The zero-order valence-electron chi connectivity index (χ0n) is 9.47. The van der Waals surface area contributed by atoms with Gasteiger partial charge in [0.15, 0.2) is 0 Å². The van der Waals surface area contributed by atoms with Crippen LogP contribution >= 0.6 is 11.6 Å². The number of rotatable bonds is 1. The molecule has 1 aliphatic rings. The summed E-state index contributed by atoms with van der Waals surface area (Å²) in [6.07, 6.45) is 0.635. The van der Waals surface area contributed by atoms with E-state index in [0.29, 0.717) is 28.3 Å². The SMILES string of the molecule is Cc1cc(F)cc(C2=NOC(C)(C)C2)c1Cl. The van der Waals surface area contributed by atoms with E-state index >= 15 is 0 Å². The van der Waals surface area contributed by atoms with Gasteiger partial charge in [-0.25, -0.2) is 4.39 Å². The lowest BCUT2D eigenvalue weighted by Crippen LogP contribution is -2.19. The standard InChI is InChI=1S/C12H13ClFNO/c1-7-4-8(14)5-9(11(7)13)10-6-12(2,3)16-15-10/h4-5H,6H2,1-3H3. The normalized spacial score (nSPS) is 18.2. The molecule has 0 atom stereocenters. The first-order valence-corrected chi connectivity index (χ1v) is 5.48. The van der Waals surface area contributed by atoms with Crippen molar-refractivity contribution < 1.29 is 9.23 Å². The molecule has 0 unspecified atom stereocenters. The van der Waals surface area contributed by atoms with Crippen LogP contribution in [0, 0.1) is 12.7 Å². The molecule has 1 aliphatic heterocycles. The Labute approximate surface area is 99.0 Å². The summed E-state index contributed by atoms with van der Waals surface area (Å²) < 4.78 is 13.3. The molecule has 2 nitrogen and oxygen atoms in total. The number of hydrogen-bond acceptors (Lipinski definition) is 2. The molecule has 0 saturated heterocycles. The second kappa shape index (κ2) is 3.74. The van der Waals surface area contributed by atoms with Crippen LogP contribution < -0.4 is 0 Å². The van der Waals surface area contributed by atoms with Crippen LogP contribution in [-0.4, -0.2) is 11.3 Å². The minimum atomic E-state index is -0.334. The van der Waals surface area contributed by atoms with Crippen molar-refractivity contribution in [2.24, 2.45) is 5.16 Å². The van der Waals surface area contributed by atoms with Crippen LogP contribution in [0.2, 0.25) is 5.02 Å². The molecule has 2 rings (SSSR count). The molecule has 0 fully saturated rings. The Morgan fingerprint density at radius 3 is 2.69 bits per heavy atom. The zero-order valence-corrected chi connectivity index (χ0v) is 10.2.